The van der Waals surface area contributed by atoms with Crippen molar-refractivity contribution in [2.45, 2.75) is 18.3 Å². The Bertz CT molecular complexity index is 1130. The van der Waals surface area contributed by atoms with Crippen molar-refractivity contribution in [3.05, 3.63) is 72.1 Å². The molecule has 1 aliphatic heterocycles. The molecule has 0 bridgehead atoms. The summed E-state index contributed by atoms with van der Waals surface area (Å²) in [7, 11) is 0. The number of benzene rings is 1. The van der Waals surface area contributed by atoms with Crippen molar-refractivity contribution < 1.29 is 31.8 Å². The van der Waals surface area contributed by atoms with Crippen LogP contribution in [0.5, 0.6) is 11.5 Å². The van der Waals surface area contributed by atoms with E-state index in [9.17, 15) is 22.4 Å². The zero-order chi connectivity index (χ0) is 22.8. The van der Waals surface area contributed by atoms with Crippen LogP contribution in [0.2, 0.25) is 0 Å². The quantitative estimate of drug-likeness (QED) is 0.589. The van der Waals surface area contributed by atoms with E-state index < -0.39 is 29.5 Å². The fourth-order valence-corrected chi connectivity index (χ4v) is 3.40. The molecule has 0 saturated heterocycles. The van der Waals surface area contributed by atoms with E-state index in [2.05, 4.69) is 30.3 Å². The molecule has 8 nitrogen and oxygen atoms in total. The number of fused-ring (bicyclic) bond motifs is 1. The summed E-state index contributed by atoms with van der Waals surface area (Å²) in [5.74, 6) is -1.89. The average molecular weight is 449 g/mol. The highest BCUT2D eigenvalue weighted by Gasteiger charge is 2.43. The van der Waals surface area contributed by atoms with E-state index in [1.54, 1.807) is 18.2 Å². The van der Waals surface area contributed by atoms with Gasteiger partial charge >= 0.3 is 12.4 Å². The molecular weight excluding hydrogens is 434 g/mol. The van der Waals surface area contributed by atoms with Crippen LogP contribution in [0, 0.1) is 5.82 Å². The first-order valence-corrected chi connectivity index (χ1v) is 9.27. The highest BCUT2D eigenvalue weighted by atomic mass is 19.4. The third-order valence-electron chi connectivity index (χ3n) is 4.68. The van der Waals surface area contributed by atoms with Gasteiger partial charge in [-0.05, 0) is 35.9 Å². The van der Waals surface area contributed by atoms with Gasteiger partial charge in [0.1, 0.15) is 17.0 Å². The Morgan fingerprint density at radius 3 is 2.56 bits per heavy atom. The molecular formula is C20H15F4N5O3. The molecule has 0 saturated carbocycles. The Kier molecular flexibility index (Phi) is 5.51. The van der Waals surface area contributed by atoms with Crippen LogP contribution in [0.3, 0.4) is 0 Å². The minimum atomic E-state index is -5.05. The largest absolute Gasteiger partial charge is 0.573 e. The lowest BCUT2D eigenvalue weighted by Gasteiger charge is -2.38. The van der Waals surface area contributed by atoms with Gasteiger partial charge in [-0.3, -0.25) is 10.3 Å². The van der Waals surface area contributed by atoms with Crippen LogP contribution in [0.1, 0.15) is 17.7 Å². The number of ether oxygens (including phenoxy) is 2. The molecule has 3 heterocycles. The number of anilines is 1. The molecule has 4 rings (SSSR count). The SMILES string of the molecule is O=C(Nc1ncccn1)NC1(c2ccc(OC(F)(F)F)c(F)c2)CCOc2cccnc21. The van der Waals surface area contributed by atoms with E-state index >= 15 is 0 Å². The number of nitrogens with zero attached hydrogens (tertiary/aromatic N) is 3. The van der Waals surface area contributed by atoms with Crippen molar-refractivity contribution in [1.29, 1.82) is 0 Å². The Balaban J connectivity index is 1.74. The smallest absolute Gasteiger partial charge is 0.491 e. The Labute approximate surface area is 178 Å². The summed E-state index contributed by atoms with van der Waals surface area (Å²) in [5.41, 5.74) is -0.998. The molecule has 2 amide bonds. The van der Waals surface area contributed by atoms with Gasteiger partial charge in [0.2, 0.25) is 5.95 Å². The second-order valence-electron chi connectivity index (χ2n) is 6.70. The zero-order valence-electron chi connectivity index (χ0n) is 16.2. The number of alkyl halides is 3. The Morgan fingerprint density at radius 1 is 1.09 bits per heavy atom. The van der Waals surface area contributed by atoms with Gasteiger partial charge < -0.3 is 14.8 Å². The maximum Gasteiger partial charge on any atom is 0.573 e. The third-order valence-corrected chi connectivity index (χ3v) is 4.68. The molecule has 2 aromatic heterocycles. The molecule has 32 heavy (non-hydrogen) atoms. The summed E-state index contributed by atoms with van der Waals surface area (Å²) >= 11 is 0. The van der Waals surface area contributed by atoms with E-state index in [-0.39, 0.29) is 30.2 Å². The summed E-state index contributed by atoms with van der Waals surface area (Å²) in [6.07, 6.45) is -0.615. The number of hydrogen-bond acceptors (Lipinski definition) is 6. The summed E-state index contributed by atoms with van der Waals surface area (Å²) in [6, 6.07) is 7.01. The van der Waals surface area contributed by atoms with Crippen LogP contribution >= 0.6 is 0 Å². The fourth-order valence-electron chi connectivity index (χ4n) is 3.40. The number of pyridine rings is 1. The molecule has 166 valence electrons. The molecule has 0 fully saturated rings. The molecule has 1 aromatic carbocycles. The first kappa shape index (κ1) is 21.3. The van der Waals surface area contributed by atoms with Crippen LogP contribution in [-0.4, -0.2) is 34.0 Å². The number of amides is 2. The number of halogens is 4. The summed E-state index contributed by atoms with van der Waals surface area (Å²) in [5, 5.41) is 5.21. The number of aromatic nitrogens is 3. The molecule has 1 aliphatic rings. The first-order valence-electron chi connectivity index (χ1n) is 9.27. The van der Waals surface area contributed by atoms with Gasteiger partial charge in [-0.25, -0.2) is 19.2 Å². The monoisotopic (exact) mass is 449 g/mol. The van der Waals surface area contributed by atoms with Gasteiger partial charge in [0.05, 0.1) is 6.61 Å². The maximum absolute atomic E-state index is 14.5. The summed E-state index contributed by atoms with van der Waals surface area (Å²) < 4.78 is 61.4. The standard InChI is InChI=1S/C20H15F4N5O3/c21-13-11-12(4-5-14(13)32-20(22,23)24)19(6-10-31-15-3-1-7-25-16(15)19)29-18(30)28-17-26-8-2-9-27-17/h1-5,7-9,11H,6,10H2,(H2,26,27,28,29,30). The van der Waals surface area contributed by atoms with E-state index in [1.165, 1.54) is 24.7 Å². The fraction of sp³-hybridized carbons (Fsp3) is 0.200. The highest BCUT2D eigenvalue weighted by Crippen LogP contribution is 2.41. The first-order chi connectivity index (χ1) is 15.3. The lowest BCUT2D eigenvalue weighted by atomic mass is 9.81. The number of urea groups is 1. The Hall–Kier alpha value is -3.96. The number of hydrogen-bond donors (Lipinski definition) is 2. The minimum Gasteiger partial charge on any atom is -0.491 e. The van der Waals surface area contributed by atoms with E-state index in [1.807, 2.05) is 0 Å². The third kappa shape index (κ3) is 4.38. The maximum atomic E-state index is 14.5. The highest BCUT2D eigenvalue weighted by molar-refractivity contribution is 5.88. The predicted molar refractivity (Wildman–Crippen MR) is 102 cm³/mol. The van der Waals surface area contributed by atoms with Crippen molar-refractivity contribution in [2.75, 3.05) is 11.9 Å². The molecule has 3 aromatic rings. The van der Waals surface area contributed by atoms with Gasteiger partial charge in [0.25, 0.3) is 0 Å². The molecule has 2 N–H and O–H groups in total. The van der Waals surface area contributed by atoms with E-state index in [0.29, 0.717) is 5.75 Å². The predicted octanol–water partition coefficient (Wildman–Crippen LogP) is 3.76. The minimum absolute atomic E-state index is 0.0218. The number of carbonyl (C=O) groups is 1. The van der Waals surface area contributed by atoms with Gasteiger partial charge in [0.15, 0.2) is 11.6 Å². The van der Waals surface area contributed by atoms with Crippen molar-refractivity contribution in [2.24, 2.45) is 0 Å². The van der Waals surface area contributed by atoms with Gasteiger partial charge in [-0.15, -0.1) is 13.2 Å². The second-order valence-corrected chi connectivity index (χ2v) is 6.70. The average Bonchev–Trinajstić information content (AvgIpc) is 2.75. The van der Waals surface area contributed by atoms with Crippen LogP contribution in [0.25, 0.3) is 0 Å². The van der Waals surface area contributed by atoms with Crippen molar-refractivity contribution in [1.82, 2.24) is 20.3 Å². The number of nitrogens with one attached hydrogen (secondary N) is 2. The van der Waals surface area contributed by atoms with Crippen LogP contribution in [0.15, 0.2) is 55.0 Å². The van der Waals surface area contributed by atoms with Gasteiger partial charge in [-0.2, -0.15) is 0 Å². The Morgan fingerprint density at radius 2 is 1.84 bits per heavy atom. The molecule has 0 spiro atoms. The zero-order valence-corrected chi connectivity index (χ0v) is 16.2. The van der Waals surface area contributed by atoms with Crippen LogP contribution in [0.4, 0.5) is 28.3 Å². The molecule has 0 radical (unpaired) electrons. The van der Waals surface area contributed by atoms with Gasteiger partial charge in [-0.1, -0.05) is 6.07 Å². The van der Waals surface area contributed by atoms with Crippen LogP contribution in [-0.2, 0) is 5.54 Å². The number of carbonyl (C=O) groups excluding carboxylic acids is 1. The van der Waals surface area contributed by atoms with Crippen molar-refractivity contribution in [3.63, 3.8) is 0 Å². The normalized spacial score (nSPS) is 17.6. The molecule has 0 aliphatic carbocycles. The topological polar surface area (TPSA) is 98.3 Å². The van der Waals surface area contributed by atoms with Gasteiger partial charge in [0, 0.05) is 25.0 Å². The number of rotatable bonds is 4. The lowest BCUT2D eigenvalue weighted by molar-refractivity contribution is -0.275. The molecule has 1 atom stereocenters. The summed E-state index contributed by atoms with van der Waals surface area (Å²) in [4.78, 5) is 24.9. The molecule has 1 unspecified atom stereocenters. The molecule has 12 heteroatoms. The van der Waals surface area contributed by atoms with Crippen LogP contribution < -0.4 is 20.1 Å². The lowest BCUT2D eigenvalue weighted by Crippen LogP contribution is -2.51. The summed E-state index contributed by atoms with van der Waals surface area (Å²) in [6.45, 7) is 0.128. The van der Waals surface area contributed by atoms with Crippen molar-refractivity contribution >= 4 is 12.0 Å². The van der Waals surface area contributed by atoms with E-state index in [4.69, 9.17) is 4.74 Å². The van der Waals surface area contributed by atoms with E-state index in [0.717, 1.165) is 12.1 Å². The van der Waals surface area contributed by atoms with Crippen molar-refractivity contribution in [3.8, 4) is 11.5 Å². The second kappa shape index (κ2) is 8.29.